The molecule has 1 amide bonds. The topological polar surface area (TPSA) is 138 Å². The molecule has 0 unspecified atom stereocenters. The highest BCUT2D eigenvalue weighted by molar-refractivity contribution is 5.87. The third-order valence-electron chi connectivity index (χ3n) is 17.3. The standard InChI is InChI=1S/C14H21NO.C14H17NO.C13H22N2.C11H17NO.C10H18N2.C9H16N2.C8H17NO.2C2H6.CH4/c2*1-9(2)16-14-10(3)11(4)15-13-8-6-5-7-12(13)14;1-9(2)15-10(3)14-11-7-6-8-13(4,5)12(11)15;1-7(2)13-11-6-8(3)12-10(5)9(11)4;1-7(2)12-8(3)10(5,6)11-9(12)4;1-6(2)11-8(4)7(3)10-9(11)5;1-6(2)9(7(3)4)8(5)10;2*1-2;/h9H,5-8H2,1-4H3;5-9H,1-4H3;9H,6-8H2,1-5H3;6-7H,1-5H3;7H,3H2,1-2,4-6H3;6H,1-5H3;6-7H,1-5H3;2*1-2H3;1H4. The average molecular weight is 1360 g/mol. The molecule has 3 aliphatic rings. The Morgan fingerprint density at radius 3 is 1.44 bits per heavy atom. The van der Waals surface area contributed by atoms with Crippen LogP contribution in [0, 0.1) is 76.2 Å². The van der Waals surface area contributed by atoms with Gasteiger partial charge in [-0.05, 0) is 265 Å². The highest BCUT2D eigenvalue weighted by Gasteiger charge is 2.35. The van der Waals surface area contributed by atoms with Gasteiger partial charge in [-0.2, -0.15) is 0 Å². The van der Waals surface area contributed by atoms with E-state index in [9.17, 15) is 4.79 Å². The maximum absolute atomic E-state index is 11.0. The Kier molecular flexibility index (Phi) is 39.1. The fraction of sp³-hybridized carbons (Fsp3) is 0.655. The average Bonchev–Trinajstić information content (AvgIpc) is 1.63. The van der Waals surface area contributed by atoms with Crippen LogP contribution in [0.3, 0.4) is 0 Å². The number of pyridine rings is 3. The van der Waals surface area contributed by atoms with Crippen LogP contribution in [0.4, 0.5) is 0 Å². The number of nitrogens with zero attached hydrogens (tertiary/aromatic N) is 10. The van der Waals surface area contributed by atoms with E-state index in [1.807, 2.05) is 147 Å². The van der Waals surface area contributed by atoms with Crippen LogP contribution in [0.15, 0.2) is 47.6 Å². The van der Waals surface area contributed by atoms with Gasteiger partial charge in [0.2, 0.25) is 5.91 Å². The van der Waals surface area contributed by atoms with Crippen molar-refractivity contribution in [2.75, 3.05) is 0 Å². The van der Waals surface area contributed by atoms with Gasteiger partial charge >= 0.3 is 0 Å². The fourth-order valence-corrected chi connectivity index (χ4v) is 12.9. The highest BCUT2D eigenvalue weighted by Crippen LogP contribution is 2.39. The third kappa shape index (κ3) is 26.2. The maximum atomic E-state index is 11.0. The number of carbonyl (C=O) groups is 1. The van der Waals surface area contributed by atoms with Crippen LogP contribution in [0.25, 0.3) is 10.9 Å². The quantitative estimate of drug-likeness (QED) is 0.123. The molecule has 0 bridgehead atoms. The fourth-order valence-electron chi connectivity index (χ4n) is 12.9. The lowest BCUT2D eigenvalue weighted by molar-refractivity contribution is -0.132. The van der Waals surface area contributed by atoms with Gasteiger partial charge in [0, 0.05) is 122 Å². The molecule has 14 nitrogen and oxygen atoms in total. The summed E-state index contributed by atoms with van der Waals surface area (Å²) in [5.74, 6) is 6.58. The normalized spacial score (nSPS) is 13.8. The Bertz CT molecular complexity index is 3430. The predicted octanol–water partition coefficient (Wildman–Crippen LogP) is 22.3. The van der Waals surface area contributed by atoms with Crippen LogP contribution in [-0.2, 0) is 29.5 Å². The molecule has 0 saturated heterocycles. The van der Waals surface area contributed by atoms with Crippen molar-refractivity contribution in [2.24, 2.45) is 4.99 Å². The van der Waals surface area contributed by atoms with Crippen molar-refractivity contribution in [1.82, 2.24) is 43.9 Å². The van der Waals surface area contributed by atoms with Crippen LogP contribution in [0.5, 0.6) is 17.2 Å². The lowest BCUT2D eigenvalue weighted by Gasteiger charge is -2.32. The number of amides is 1. The lowest BCUT2D eigenvalue weighted by atomic mass is 9.77. The molecular weight excluding hydrogens is 1210 g/mol. The van der Waals surface area contributed by atoms with Gasteiger partial charge in [-0.25, -0.2) is 9.97 Å². The molecule has 0 atom stereocenters. The van der Waals surface area contributed by atoms with Crippen molar-refractivity contribution in [3.63, 3.8) is 0 Å². The zero-order valence-corrected chi connectivity index (χ0v) is 68.8. The molecule has 98 heavy (non-hydrogen) atoms. The first-order chi connectivity index (χ1) is 45.0. The van der Waals surface area contributed by atoms with Crippen LogP contribution in [0.2, 0.25) is 0 Å². The summed E-state index contributed by atoms with van der Waals surface area (Å²) in [5, 5.41) is 1.10. The van der Waals surface area contributed by atoms with Crippen LogP contribution in [-0.4, -0.2) is 97.6 Å². The number of aryl methyl sites for hydroxylation is 9. The summed E-state index contributed by atoms with van der Waals surface area (Å²) in [6.07, 6.45) is 9.17. The number of hydrogen-bond donors (Lipinski definition) is 0. The van der Waals surface area contributed by atoms with Gasteiger partial charge in [0.1, 0.15) is 34.7 Å². The number of aliphatic imine (C=N–C) groups is 1. The zero-order chi connectivity index (χ0) is 75.1. The summed E-state index contributed by atoms with van der Waals surface area (Å²) < 4.78 is 22.2. The van der Waals surface area contributed by atoms with Crippen LogP contribution < -0.4 is 14.2 Å². The number of ether oxygens (including phenoxy) is 3. The van der Waals surface area contributed by atoms with Gasteiger partial charge in [-0.15, -0.1) is 0 Å². The Morgan fingerprint density at radius 2 is 1.01 bits per heavy atom. The van der Waals surface area contributed by atoms with E-state index in [0.717, 1.165) is 97.9 Å². The molecule has 14 heteroatoms. The first-order valence-corrected chi connectivity index (χ1v) is 36.7. The minimum Gasteiger partial charge on any atom is -0.491 e. The van der Waals surface area contributed by atoms with E-state index in [4.69, 9.17) is 24.2 Å². The van der Waals surface area contributed by atoms with Crippen molar-refractivity contribution >= 4 is 22.6 Å². The predicted molar refractivity (Wildman–Crippen MR) is 423 cm³/mol. The van der Waals surface area contributed by atoms with E-state index in [0.29, 0.717) is 35.6 Å². The SMILES string of the molecule is C.C=C1N(C(C)C)C(C)=NC1(C)C.CC.CC.CC(=O)N(C(C)C)C(C)C.Cc1cc(OC(C)C)c(C)c(C)n1.Cc1nc(C)n(C(C)C)c1C.Cc1nc2c(c(OC(C)C)c1C)CCCC2.Cc1nc2c(n1C(C)C)C(C)(C)CCC2.Cc1nc2ccccc2c(OC(C)C)c1C. The molecule has 2 aliphatic carbocycles. The van der Waals surface area contributed by atoms with E-state index < -0.39 is 0 Å². The minimum absolute atomic E-state index is 0. The first-order valence-electron chi connectivity index (χ1n) is 36.7. The largest absolute Gasteiger partial charge is 0.491 e. The molecular formula is C84H144N10O4. The molecule has 1 aliphatic heterocycles. The highest BCUT2D eigenvalue weighted by atomic mass is 16.5. The number of rotatable bonds is 11. The number of hydrogen-bond acceptors (Lipinski definition) is 11. The summed E-state index contributed by atoms with van der Waals surface area (Å²) in [6, 6.07) is 12.2. The molecule has 1 aromatic carbocycles. The molecule has 6 aromatic rings. The number of benzene rings is 1. The van der Waals surface area contributed by atoms with Gasteiger partial charge in [0.15, 0.2) is 0 Å². The van der Waals surface area contributed by atoms with Gasteiger partial charge in [-0.1, -0.05) is 67.7 Å². The second-order valence-electron chi connectivity index (χ2n) is 29.1. The first kappa shape index (κ1) is 91.4. The summed E-state index contributed by atoms with van der Waals surface area (Å²) >= 11 is 0. The van der Waals surface area contributed by atoms with Gasteiger partial charge in [0.25, 0.3) is 0 Å². The van der Waals surface area contributed by atoms with Crippen LogP contribution in [0.1, 0.15) is 310 Å². The Balaban J connectivity index is 0.00000111. The Morgan fingerprint density at radius 1 is 0.541 bits per heavy atom. The maximum Gasteiger partial charge on any atom is 0.219 e. The molecule has 5 aromatic heterocycles. The van der Waals surface area contributed by atoms with E-state index >= 15 is 0 Å². The van der Waals surface area contributed by atoms with Gasteiger partial charge in [-0.3, -0.25) is 24.7 Å². The number of fused-ring (bicyclic) bond motifs is 3. The van der Waals surface area contributed by atoms with Crippen molar-refractivity contribution in [3.8, 4) is 17.2 Å². The molecule has 0 saturated carbocycles. The summed E-state index contributed by atoms with van der Waals surface area (Å²) in [5.41, 5.74) is 17.9. The summed E-state index contributed by atoms with van der Waals surface area (Å²) in [6.45, 7) is 80.9. The van der Waals surface area contributed by atoms with Crippen molar-refractivity contribution in [1.29, 1.82) is 0 Å². The van der Waals surface area contributed by atoms with E-state index in [1.54, 1.807) is 6.92 Å². The summed E-state index contributed by atoms with van der Waals surface area (Å²) in [4.78, 5) is 42.3. The van der Waals surface area contributed by atoms with Gasteiger partial charge in [0.05, 0.1) is 40.8 Å². The second kappa shape index (κ2) is 41.9. The van der Waals surface area contributed by atoms with Crippen LogP contribution >= 0.6 is 0 Å². The Hall–Kier alpha value is -6.57. The number of amidine groups is 1. The number of carbonyl (C=O) groups excluding carboxylic acids is 1. The molecule has 0 fully saturated rings. The van der Waals surface area contributed by atoms with Gasteiger partial charge < -0.3 is 33.1 Å². The van der Waals surface area contributed by atoms with E-state index in [-0.39, 0.29) is 37.2 Å². The number of aromatic nitrogens is 7. The molecule has 0 N–H and O–H groups in total. The van der Waals surface area contributed by atoms with Crippen molar-refractivity contribution in [2.45, 2.75) is 368 Å². The molecule has 9 rings (SSSR count). The second-order valence-corrected chi connectivity index (χ2v) is 29.1. The molecule has 0 radical (unpaired) electrons. The lowest BCUT2D eigenvalue weighted by Crippen LogP contribution is -2.40. The molecule has 554 valence electrons. The van der Waals surface area contributed by atoms with Crippen molar-refractivity contribution in [3.05, 3.63) is 128 Å². The zero-order valence-electron chi connectivity index (χ0n) is 68.8. The minimum atomic E-state index is -0.103. The van der Waals surface area contributed by atoms with E-state index in [1.165, 1.54) is 71.8 Å². The number of imidazole rings is 2. The smallest absolute Gasteiger partial charge is 0.219 e. The van der Waals surface area contributed by atoms with E-state index in [2.05, 4.69) is 178 Å². The third-order valence-corrected chi connectivity index (χ3v) is 17.3. The monoisotopic (exact) mass is 1360 g/mol. The van der Waals surface area contributed by atoms with Crippen molar-refractivity contribution < 1.29 is 19.0 Å². The Labute approximate surface area is 600 Å². The number of para-hydroxylation sites is 1. The molecule has 6 heterocycles. The molecule has 0 spiro atoms. The summed E-state index contributed by atoms with van der Waals surface area (Å²) in [7, 11) is 0.